The number of rotatable bonds is 4. The van der Waals surface area contributed by atoms with Crippen LogP contribution >= 0.6 is 0 Å². The van der Waals surface area contributed by atoms with E-state index in [4.69, 9.17) is 5.41 Å². The molecule has 1 heterocycles. The Kier molecular flexibility index (Phi) is 4.84. The monoisotopic (exact) mass is 371 g/mol. The maximum absolute atomic E-state index is 5.50. The van der Waals surface area contributed by atoms with Crippen molar-refractivity contribution in [2.45, 2.75) is 50.4 Å². The molecule has 2 fully saturated rings. The summed E-state index contributed by atoms with van der Waals surface area (Å²) in [7, 11) is 0. The first-order valence-electron chi connectivity index (χ1n) is 10.2. The Bertz CT molecular complexity index is 918. The molecule has 0 aromatic heterocycles. The molecule has 1 spiro atoms. The molecule has 2 saturated carbocycles. The highest BCUT2D eigenvalue weighted by molar-refractivity contribution is 5.82. The predicted octanol–water partition coefficient (Wildman–Crippen LogP) is 6.66. The maximum atomic E-state index is 5.50. The van der Waals surface area contributed by atoms with Crippen molar-refractivity contribution in [1.29, 1.82) is 5.41 Å². The topological polar surface area (TPSA) is 47.9 Å². The van der Waals surface area contributed by atoms with Crippen molar-refractivity contribution in [2.75, 3.05) is 10.6 Å². The molecule has 2 aromatic carbocycles. The minimum absolute atomic E-state index is 0.181. The summed E-state index contributed by atoms with van der Waals surface area (Å²) < 4.78 is 0. The number of allylic oxidation sites excluding steroid dienone is 2. The molecule has 1 aliphatic heterocycles. The smallest absolute Gasteiger partial charge is 0.0460 e. The van der Waals surface area contributed by atoms with Crippen LogP contribution in [-0.2, 0) is 5.41 Å². The second-order valence-corrected chi connectivity index (χ2v) is 7.99. The van der Waals surface area contributed by atoms with Gasteiger partial charge in [0.15, 0.2) is 0 Å². The highest BCUT2D eigenvalue weighted by atomic mass is 15.0. The molecule has 0 radical (unpaired) electrons. The Balaban J connectivity index is 0.000000932. The predicted molar refractivity (Wildman–Crippen MR) is 120 cm³/mol. The molecule has 144 valence electrons. The second-order valence-electron chi connectivity index (χ2n) is 7.99. The first-order valence-corrected chi connectivity index (χ1v) is 10.2. The highest BCUT2D eigenvalue weighted by Gasteiger charge is 2.48. The molecule has 2 aromatic rings. The van der Waals surface area contributed by atoms with Crippen LogP contribution in [0.5, 0.6) is 0 Å². The van der Waals surface area contributed by atoms with Gasteiger partial charge in [0, 0.05) is 28.2 Å². The third-order valence-electron chi connectivity index (χ3n) is 6.41. The third-order valence-corrected chi connectivity index (χ3v) is 6.41. The van der Waals surface area contributed by atoms with Crippen molar-refractivity contribution in [1.82, 2.24) is 0 Å². The van der Waals surface area contributed by atoms with Crippen LogP contribution in [0.3, 0.4) is 0 Å². The average Bonchev–Trinajstić information content (AvgIpc) is 3.49. The van der Waals surface area contributed by atoms with E-state index in [2.05, 4.69) is 79.4 Å². The molecule has 0 amide bonds. The molecular weight excluding hydrogens is 342 g/mol. The Morgan fingerprint density at radius 3 is 2.46 bits per heavy atom. The van der Waals surface area contributed by atoms with Crippen LogP contribution in [0.25, 0.3) is 5.70 Å². The normalized spacial score (nSPS) is 19.2. The second kappa shape index (κ2) is 7.31. The van der Waals surface area contributed by atoms with Gasteiger partial charge in [-0.05, 0) is 86.2 Å². The lowest BCUT2D eigenvalue weighted by Gasteiger charge is -2.39. The molecule has 0 atom stereocenters. The fourth-order valence-corrected chi connectivity index (χ4v) is 4.58. The molecule has 0 saturated heterocycles. The number of hydrogen-bond donors (Lipinski definition) is 3. The highest BCUT2D eigenvalue weighted by Crippen LogP contribution is 2.59. The Morgan fingerprint density at radius 2 is 1.89 bits per heavy atom. The minimum Gasteiger partial charge on any atom is -0.358 e. The van der Waals surface area contributed by atoms with Crippen LogP contribution < -0.4 is 10.6 Å². The lowest BCUT2D eigenvalue weighted by molar-refractivity contribution is 0.307. The molecule has 3 aliphatic rings. The molecule has 3 heteroatoms. The quantitative estimate of drug-likeness (QED) is 0.526. The Hall–Kier alpha value is -2.81. The van der Waals surface area contributed by atoms with Crippen LogP contribution in [0.4, 0.5) is 11.4 Å². The summed E-state index contributed by atoms with van der Waals surface area (Å²) in [5.41, 5.74) is 9.38. The summed E-state index contributed by atoms with van der Waals surface area (Å²) in [5, 5.41) is 12.8. The molecule has 0 unspecified atom stereocenters. The van der Waals surface area contributed by atoms with Gasteiger partial charge in [0.05, 0.1) is 0 Å². The van der Waals surface area contributed by atoms with E-state index in [1.54, 1.807) is 0 Å². The fraction of sp³-hybridized carbons (Fsp3) is 0.320. The average molecular weight is 372 g/mol. The first-order chi connectivity index (χ1) is 13.7. The summed E-state index contributed by atoms with van der Waals surface area (Å²) in [6.07, 6.45) is 8.59. The van der Waals surface area contributed by atoms with Crippen molar-refractivity contribution < 1.29 is 0 Å². The van der Waals surface area contributed by atoms with Crippen LogP contribution in [0.15, 0.2) is 60.8 Å². The van der Waals surface area contributed by atoms with E-state index in [1.165, 1.54) is 65.9 Å². The van der Waals surface area contributed by atoms with Crippen LogP contribution in [-0.4, -0.2) is 6.72 Å². The van der Waals surface area contributed by atoms with E-state index >= 15 is 0 Å². The van der Waals surface area contributed by atoms with E-state index in [-0.39, 0.29) is 5.41 Å². The van der Waals surface area contributed by atoms with Crippen LogP contribution in [0, 0.1) is 5.41 Å². The van der Waals surface area contributed by atoms with Crippen molar-refractivity contribution in [3.05, 3.63) is 77.5 Å². The van der Waals surface area contributed by atoms with Gasteiger partial charge >= 0.3 is 0 Å². The van der Waals surface area contributed by atoms with Crippen molar-refractivity contribution in [3.63, 3.8) is 0 Å². The molecular formula is C25H29N3. The molecule has 3 N–H and O–H groups in total. The lowest BCUT2D eigenvalue weighted by Crippen LogP contribution is -2.33. The molecule has 5 rings (SSSR count). The number of hydrogen-bond acceptors (Lipinski definition) is 3. The lowest BCUT2D eigenvalue weighted by atomic mass is 9.63. The van der Waals surface area contributed by atoms with E-state index in [9.17, 15) is 0 Å². The van der Waals surface area contributed by atoms with Gasteiger partial charge in [-0.2, -0.15) is 0 Å². The van der Waals surface area contributed by atoms with Gasteiger partial charge in [0.25, 0.3) is 0 Å². The SMILES string of the molecule is C=C1Nc2c(C3CC3)cc(/C(=C/C)Nc3ccccc3)cc2C12CCC2.C=N. The van der Waals surface area contributed by atoms with Crippen LogP contribution in [0.1, 0.15) is 61.6 Å². The summed E-state index contributed by atoms with van der Waals surface area (Å²) in [6, 6.07) is 15.3. The summed E-state index contributed by atoms with van der Waals surface area (Å²) in [4.78, 5) is 0. The third kappa shape index (κ3) is 2.95. The number of para-hydroxylation sites is 1. The van der Waals surface area contributed by atoms with E-state index < -0.39 is 0 Å². The summed E-state index contributed by atoms with van der Waals surface area (Å²) in [6.45, 7) is 9.00. The zero-order valence-corrected chi connectivity index (χ0v) is 16.6. The number of anilines is 2. The van der Waals surface area contributed by atoms with E-state index in [1.807, 2.05) is 0 Å². The van der Waals surface area contributed by atoms with Gasteiger partial charge in [0.1, 0.15) is 0 Å². The zero-order valence-electron chi connectivity index (χ0n) is 16.6. The van der Waals surface area contributed by atoms with E-state index in [0.29, 0.717) is 5.92 Å². The van der Waals surface area contributed by atoms with Crippen LogP contribution in [0.2, 0.25) is 0 Å². The largest absolute Gasteiger partial charge is 0.358 e. The van der Waals surface area contributed by atoms with Gasteiger partial charge < -0.3 is 16.0 Å². The van der Waals surface area contributed by atoms with Crippen molar-refractivity contribution >= 4 is 23.8 Å². The minimum atomic E-state index is 0.181. The summed E-state index contributed by atoms with van der Waals surface area (Å²) in [5.74, 6) is 0.717. The standard InChI is InChI=1S/C24H26N2.CH3N/c1-3-22(26-19-8-5-4-6-9-19)18-14-20(17-10-11-17)23-21(15-18)24(12-7-13-24)16(2)25-23;1-2/h3-6,8-9,14-15,17,25-26H,2,7,10-13H2,1H3;2H,1H2/b22-3-;. The summed E-state index contributed by atoms with van der Waals surface area (Å²) >= 11 is 0. The van der Waals surface area contributed by atoms with Gasteiger partial charge in [0.2, 0.25) is 0 Å². The van der Waals surface area contributed by atoms with Gasteiger partial charge in [-0.15, -0.1) is 0 Å². The maximum Gasteiger partial charge on any atom is 0.0460 e. The van der Waals surface area contributed by atoms with Gasteiger partial charge in [-0.1, -0.05) is 37.3 Å². The number of nitrogens with one attached hydrogen (secondary N) is 3. The van der Waals surface area contributed by atoms with Crippen molar-refractivity contribution in [3.8, 4) is 0 Å². The van der Waals surface area contributed by atoms with Crippen molar-refractivity contribution in [2.24, 2.45) is 0 Å². The molecule has 28 heavy (non-hydrogen) atoms. The van der Waals surface area contributed by atoms with Gasteiger partial charge in [-0.25, -0.2) is 0 Å². The number of benzene rings is 2. The van der Waals surface area contributed by atoms with E-state index in [0.717, 1.165) is 5.69 Å². The van der Waals surface area contributed by atoms with Gasteiger partial charge in [-0.3, -0.25) is 0 Å². The Morgan fingerprint density at radius 1 is 1.18 bits per heavy atom. The Labute approximate surface area is 168 Å². The number of fused-ring (bicyclic) bond motifs is 2. The fourth-order valence-electron chi connectivity index (χ4n) is 4.58. The zero-order chi connectivity index (χ0) is 19.7. The molecule has 0 bridgehead atoms. The molecule has 2 aliphatic carbocycles. The molecule has 3 nitrogen and oxygen atoms in total. The first kappa shape index (κ1) is 18.5.